The van der Waals surface area contributed by atoms with Gasteiger partial charge in [-0.2, -0.15) is 0 Å². The molecule has 142 valence electrons. The summed E-state index contributed by atoms with van der Waals surface area (Å²) in [6.07, 6.45) is 0.549. The minimum Gasteiger partial charge on any atom is -0.488 e. The second kappa shape index (κ2) is 7.71. The number of rotatable bonds is 4. The van der Waals surface area contributed by atoms with Gasteiger partial charge in [-0.1, -0.05) is 42.5 Å². The summed E-state index contributed by atoms with van der Waals surface area (Å²) in [7, 11) is 0. The van der Waals surface area contributed by atoms with Crippen molar-refractivity contribution in [3.05, 3.63) is 65.7 Å². The van der Waals surface area contributed by atoms with Gasteiger partial charge in [-0.3, -0.25) is 9.69 Å². The van der Waals surface area contributed by atoms with E-state index in [9.17, 15) is 9.90 Å². The molecular formula is C22H26N2O3. The summed E-state index contributed by atoms with van der Waals surface area (Å²) in [5.74, 6) is 0.669. The van der Waals surface area contributed by atoms with Gasteiger partial charge in [0.2, 0.25) is 5.91 Å². The first kappa shape index (κ1) is 18.0. The molecule has 2 aromatic rings. The average Bonchev–Trinajstić information content (AvgIpc) is 2.96. The molecule has 5 heteroatoms. The Kier molecular flexibility index (Phi) is 5.14. The van der Waals surface area contributed by atoms with Gasteiger partial charge in [0, 0.05) is 26.4 Å². The highest BCUT2D eigenvalue weighted by atomic mass is 16.5. The maximum Gasteiger partial charge on any atom is 0.217 e. The monoisotopic (exact) mass is 366 g/mol. The molecule has 0 bridgehead atoms. The number of nitrogens with one attached hydrogen (secondary N) is 1. The molecule has 0 radical (unpaired) electrons. The van der Waals surface area contributed by atoms with Crippen LogP contribution >= 0.6 is 0 Å². The summed E-state index contributed by atoms with van der Waals surface area (Å²) in [5.41, 5.74) is 2.67. The molecule has 5 nitrogen and oxygen atoms in total. The molecule has 27 heavy (non-hydrogen) atoms. The van der Waals surface area contributed by atoms with E-state index in [1.54, 1.807) is 0 Å². The van der Waals surface area contributed by atoms with Crippen molar-refractivity contribution in [3.8, 4) is 5.75 Å². The topological polar surface area (TPSA) is 61.8 Å². The third-order valence-corrected chi connectivity index (χ3v) is 5.63. The standard InChI is InChI=1S/C22H26N2O3/c1-15(25)23-19-13-20(27-18-9-3-2-4-10-18)22(26)21(19)24-12-11-16-7-5-6-8-17(16)14-24/h2-10,19-22,26H,11-14H2,1H3,(H,23,25)/t19-,20-,21+,22+/m1/s1. The molecule has 1 heterocycles. The molecular weight excluding hydrogens is 340 g/mol. The van der Waals surface area contributed by atoms with Gasteiger partial charge in [-0.25, -0.2) is 0 Å². The second-order valence-electron chi connectivity index (χ2n) is 7.48. The summed E-state index contributed by atoms with van der Waals surface area (Å²) in [6, 6.07) is 17.7. The Hall–Kier alpha value is -2.37. The molecule has 1 fully saturated rings. The quantitative estimate of drug-likeness (QED) is 0.870. The van der Waals surface area contributed by atoms with Gasteiger partial charge in [-0.05, 0) is 29.7 Å². The van der Waals surface area contributed by atoms with Crippen molar-refractivity contribution in [2.45, 2.75) is 50.6 Å². The SMILES string of the molecule is CC(=O)N[C@@H]1C[C@@H](Oc2ccccc2)[C@H](O)[C@H]1N1CCc2ccccc2C1. The number of ether oxygens (including phenoxy) is 1. The van der Waals surface area contributed by atoms with E-state index in [1.165, 1.54) is 18.1 Å². The first-order valence-corrected chi connectivity index (χ1v) is 9.59. The van der Waals surface area contributed by atoms with Crippen molar-refractivity contribution in [3.63, 3.8) is 0 Å². The van der Waals surface area contributed by atoms with Gasteiger partial charge >= 0.3 is 0 Å². The number of benzene rings is 2. The van der Waals surface area contributed by atoms with E-state index in [0.717, 1.165) is 25.3 Å². The fourth-order valence-corrected chi connectivity index (χ4v) is 4.43. The molecule has 0 unspecified atom stereocenters. The number of aliphatic hydroxyl groups is 1. The average molecular weight is 366 g/mol. The molecule has 0 saturated heterocycles. The van der Waals surface area contributed by atoms with Crippen LogP contribution in [0, 0.1) is 0 Å². The minimum atomic E-state index is -0.660. The van der Waals surface area contributed by atoms with Gasteiger partial charge in [0.1, 0.15) is 18.0 Å². The van der Waals surface area contributed by atoms with E-state index in [-0.39, 0.29) is 24.1 Å². The minimum absolute atomic E-state index is 0.0741. The van der Waals surface area contributed by atoms with Crippen molar-refractivity contribution >= 4 is 5.91 Å². The molecule has 2 N–H and O–H groups in total. The molecule has 0 spiro atoms. The van der Waals surface area contributed by atoms with Crippen LogP contribution in [0.3, 0.4) is 0 Å². The van der Waals surface area contributed by atoms with Crippen molar-refractivity contribution in [2.75, 3.05) is 6.54 Å². The molecule has 0 aromatic heterocycles. The van der Waals surface area contributed by atoms with Crippen LogP contribution in [-0.4, -0.2) is 46.7 Å². The number of hydrogen-bond donors (Lipinski definition) is 2. The Bertz CT molecular complexity index is 795. The van der Waals surface area contributed by atoms with Crippen LogP contribution in [0.4, 0.5) is 0 Å². The number of amides is 1. The molecule has 4 rings (SSSR count). The number of para-hydroxylation sites is 1. The van der Waals surface area contributed by atoms with Crippen LogP contribution in [0.15, 0.2) is 54.6 Å². The highest BCUT2D eigenvalue weighted by molar-refractivity contribution is 5.73. The predicted octanol–water partition coefficient (Wildman–Crippen LogP) is 2.13. The van der Waals surface area contributed by atoms with Crippen molar-refractivity contribution in [1.82, 2.24) is 10.2 Å². The zero-order valence-electron chi connectivity index (χ0n) is 15.5. The molecule has 2 aliphatic rings. The maximum atomic E-state index is 11.7. The Labute approximate surface area is 160 Å². The van der Waals surface area contributed by atoms with Crippen LogP contribution < -0.4 is 10.1 Å². The predicted molar refractivity (Wildman–Crippen MR) is 103 cm³/mol. The normalized spacial score (nSPS) is 27.8. The number of hydrogen-bond acceptors (Lipinski definition) is 4. The van der Waals surface area contributed by atoms with E-state index in [1.807, 2.05) is 30.3 Å². The fourth-order valence-electron chi connectivity index (χ4n) is 4.43. The maximum absolute atomic E-state index is 11.7. The summed E-state index contributed by atoms with van der Waals surface area (Å²) >= 11 is 0. The highest BCUT2D eigenvalue weighted by Gasteiger charge is 2.47. The Morgan fingerprint density at radius 1 is 1.11 bits per heavy atom. The van der Waals surface area contributed by atoms with Crippen molar-refractivity contribution in [1.29, 1.82) is 0 Å². The third kappa shape index (κ3) is 3.84. The summed E-state index contributed by atoms with van der Waals surface area (Å²) in [5, 5.41) is 14.1. The van der Waals surface area contributed by atoms with Gasteiger partial charge in [0.15, 0.2) is 0 Å². The van der Waals surface area contributed by atoms with Crippen LogP contribution in [0.2, 0.25) is 0 Å². The smallest absolute Gasteiger partial charge is 0.217 e. The first-order chi connectivity index (χ1) is 13.1. The lowest BCUT2D eigenvalue weighted by Crippen LogP contribution is -2.54. The summed E-state index contributed by atoms with van der Waals surface area (Å²) in [4.78, 5) is 14.0. The lowest BCUT2D eigenvalue weighted by molar-refractivity contribution is -0.120. The van der Waals surface area contributed by atoms with E-state index in [2.05, 4.69) is 34.5 Å². The summed E-state index contributed by atoms with van der Waals surface area (Å²) < 4.78 is 6.06. The van der Waals surface area contributed by atoms with E-state index in [4.69, 9.17) is 4.74 Å². The van der Waals surface area contributed by atoms with Crippen LogP contribution in [0.1, 0.15) is 24.5 Å². The lowest BCUT2D eigenvalue weighted by atomic mass is 9.97. The first-order valence-electron chi connectivity index (χ1n) is 9.59. The Morgan fingerprint density at radius 3 is 2.56 bits per heavy atom. The number of nitrogens with zero attached hydrogens (tertiary/aromatic N) is 1. The van der Waals surface area contributed by atoms with Crippen molar-refractivity contribution in [2.24, 2.45) is 0 Å². The number of aliphatic hydroxyl groups excluding tert-OH is 1. The third-order valence-electron chi connectivity index (χ3n) is 5.63. The van der Waals surface area contributed by atoms with Gasteiger partial charge < -0.3 is 15.2 Å². The Morgan fingerprint density at radius 2 is 1.81 bits per heavy atom. The van der Waals surface area contributed by atoms with Crippen molar-refractivity contribution < 1.29 is 14.6 Å². The van der Waals surface area contributed by atoms with Gasteiger partial charge in [-0.15, -0.1) is 0 Å². The second-order valence-corrected chi connectivity index (χ2v) is 7.48. The number of carbonyl (C=O) groups is 1. The lowest BCUT2D eigenvalue weighted by Gasteiger charge is -2.38. The zero-order chi connectivity index (χ0) is 18.8. The fraction of sp³-hybridized carbons (Fsp3) is 0.409. The molecule has 2 aromatic carbocycles. The van der Waals surface area contributed by atoms with Gasteiger partial charge in [0.25, 0.3) is 0 Å². The number of fused-ring (bicyclic) bond motifs is 1. The van der Waals surface area contributed by atoms with Crippen LogP contribution in [0.25, 0.3) is 0 Å². The zero-order valence-corrected chi connectivity index (χ0v) is 15.5. The van der Waals surface area contributed by atoms with Gasteiger partial charge in [0.05, 0.1) is 12.1 Å². The number of carbonyl (C=O) groups excluding carboxylic acids is 1. The van der Waals surface area contributed by atoms with E-state index >= 15 is 0 Å². The molecule has 1 saturated carbocycles. The molecule has 1 aliphatic heterocycles. The van der Waals surface area contributed by atoms with E-state index in [0.29, 0.717) is 6.42 Å². The van der Waals surface area contributed by atoms with Crippen LogP contribution in [-0.2, 0) is 17.8 Å². The molecule has 4 atom stereocenters. The largest absolute Gasteiger partial charge is 0.488 e. The van der Waals surface area contributed by atoms with Crippen LogP contribution in [0.5, 0.6) is 5.75 Å². The molecule has 1 aliphatic carbocycles. The highest BCUT2D eigenvalue weighted by Crippen LogP contribution is 2.32. The summed E-state index contributed by atoms with van der Waals surface area (Å²) in [6.45, 7) is 3.18. The molecule has 1 amide bonds. The van der Waals surface area contributed by atoms with E-state index < -0.39 is 6.10 Å². The Balaban J connectivity index is 1.54.